The number of likely N-dealkylation sites (N-methyl/N-ethyl adjacent to an activating group) is 1. The second-order valence-electron chi connectivity index (χ2n) is 5.03. The second kappa shape index (κ2) is 5.29. The molecule has 0 spiro atoms. The molecule has 2 rings (SSSR count). The fraction of sp³-hybridized carbons (Fsp3) is 0.500. The molecule has 0 aliphatic heterocycles. The molecular formula is C14H20ClN3. The lowest BCUT2D eigenvalue weighted by molar-refractivity contribution is 0.284. The summed E-state index contributed by atoms with van der Waals surface area (Å²) in [6.07, 6.45) is 0. The SMILES string of the molecule is Cc1cccc2nc(CCl)n(CC(C)N(C)C)c12. The largest absolute Gasteiger partial charge is 0.325 e. The zero-order valence-electron chi connectivity index (χ0n) is 11.4. The summed E-state index contributed by atoms with van der Waals surface area (Å²) in [7, 11) is 4.19. The minimum Gasteiger partial charge on any atom is -0.325 e. The highest BCUT2D eigenvalue weighted by Crippen LogP contribution is 2.22. The smallest absolute Gasteiger partial charge is 0.124 e. The maximum atomic E-state index is 6.02. The van der Waals surface area contributed by atoms with E-state index in [2.05, 4.69) is 54.5 Å². The van der Waals surface area contributed by atoms with E-state index >= 15 is 0 Å². The van der Waals surface area contributed by atoms with Crippen molar-refractivity contribution in [3.63, 3.8) is 0 Å². The van der Waals surface area contributed by atoms with Crippen LogP contribution in [0.3, 0.4) is 0 Å². The average Bonchev–Trinajstić information content (AvgIpc) is 2.68. The molecule has 1 heterocycles. The van der Waals surface area contributed by atoms with Crippen molar-refractivity contribution in [2.75, 3.05) is 14.1 Å². The van der Waals surface area contributed by atoms with Gasteiger partial charge in [-0.1, -0.05) is 12.1 Å². The molecule has 4 heteroatoms. The summed E-state index contributed by atoms with van der Waals surface area (Å²) in [4.78, 5) is 6.83. The number of imidazole rings is 1. The summed E-state index contributed by atoms with van der Waals surface area (Å²) in [6.45, 7) is 5.25. The summed E-state index contributed by atoms with van der Waals surface area (Å²) in [5.74, 6) is 1.41. The van der Waals surface area contributed by atoms with Gasteiger partial charge in [0.05, 0.1) is 16.9 Å². The number of aryl methyl sites for hydroxylation is 1. The zero-order chi connectivity index (χ0) is 13.3. The van der Waals surface area contributed by atoms with Gasteiger partial charge in [-0.25, -0.2) is 4.98 Å². The zero-order valence-corrected chi connectivity index (χ0v) is 12.2. The van der Waals surface area contributed by atoms with Crippen LogP contribution in [-0.2, 0) is 12.4 Å². The molecule has 0 fully saturated rings. The van der Waals surface area contributed by atoms with Crippen molar-refractivity contribution in [2.24, 2.45) is 0 Å². The molecule has 3 nitrogen and oxygen atoms in total. The second-order valence-corrected chi connectivity index (χ2v) is 5.29. The van der Waals surface area contributed by atoms with Gasteiger partial charge in [-0.15, -0.1) is 11.6 Å². The van der Waals surface area contributed by atoms with E-state index in [0.29, 0.717) is 11.9 Å². The van der Waals surface area contributed by atoms with Crippen LogP contribution in [0.2, 0.25) is 0 Å². The summed E-state index contributed by atoms with van der Waals surface area (Å²) in [5, 5.41) is 0. The van der Waals surface area contributed by atoms with Crippen molar-refractivity contribution in [3.8, 4) is 0 Å². The fourth-order valence-corrected chi connectivity index (χ4v) is 2.34. The van der Waals surface area contributed by atoms with Crippen molar-refractivity contribution in [3.05, 3.63) is 29.6 Å². The lowest BCUT2D eigenvalue weighted by Crippen LogP contribution is -2.29. The number of fused-ring (bicyclic) bond motifs is 1. The summed E-state index contributed by atoms with van der Waals surface area (Å²) >= 11 is 6.02. The molecule has 0 saturated carbocycles. The number of nitrogens with zero attached hydrogens (tertiary/aromatic N) is 3. The predicted molar refractivity (Wildman–Crippen MR) is 77.2 cm³/mol. The minimum absolute atomic E-state index is 0.448. The Morgan fingerprint density at radius 2 is 2.11 bits per heavy atom. The molecule has 0 aliphatic rings. The van der Waals surface area contributed by atoms with E-state index in [1.165, 1.54) is 11.1 Å². The summed E-state index contributed by atoms with van der Waals surface area (Å²) in [6, 6.07) is 6.67. The van der Waals surface area contributed by atoms with Gasteiger partial charge in [0.15, 0.2) is 0 Å². The topological polar surface area (TPSA) is 21.1 Å². The Hall–Kier alpha value is -1.06. The number of hydrogen-bond donors (Lipinski definition) is 0. The Morgan fingerprint density at radius 1 is 1.39 bits per heavy atom. The number of rotatable bonds is 4. The Labute approximate surface area is 113 Å². The van der Waals surface area contributed by atoms with Crippen LogP contribution in [0, 0.1) is 6.92 Å². The highest BCUT2D eigenvalue weighted by atomic mass is 35.5. The number of alkyl halides is 1. The van der Waals surface area contributed by atoms with Gasteiger partial charge in [0.2, 0.25) is 0 Å². The van der Waals surface area contributed by atoms with Gasteiger partial charge in [0, 0.05) is 12.6 Å². The number of hydrogen-bond acceptors (Lipinski definition) is 2. The Morgan fingerprint density at radius 3 is 2.72 bits per heavy atom. The fourth-order valence-electron chi connectivity index (χ4n) is 2.14. The van der Waals surface area contributed by atoms with Gasteiger partial charge in [-0.3, -0.25) is 0 Å². The van der Waals surface area contributed by atoms with Crippen LogP contribution in [0.5, 0.6) is 0 Å². The number of benzene rings is 1. The first-order valence-corrected chi connectivity index (χ1v) is 6.75. The predicted octanol–water partition coefficient (Wildman–Crippen LogP) is 3.03. The lowest BCUT2D eigenvalue weighted by atomic mass is 10.2. The van der Waals surface area contributed by atoms with E-state index in [1.807, 2.05) is 6.07 Å². The minimum atomic E-state index is 0.448. The van der Waals surface area contributed by atoms with Gasteiger partial charge < -0.3 is 9.47 Å². The van der Waals surface area contributed by atoms with Crippen molar-refractivity contribution in [1.29, 1.82) is 0 Å². The molecule has 18 heavy (non-hydrogen) atoms. The highest BCUT2D eigenvalue weighted by Gasteiger charge is 2.14. The molecule has 0 saturated heterocycles. The maximum absolute atomic E-state index is 6.02. The molecule has 0 aliphatic carbocycles. The van der Waals surface area contributed by atoms with E-state index in [4.69, 9.17) is 11.6 Å². The molecule has 98 valence electrons. The number of halogens is 1. The van der Waals surface area contributed by atoms with Crippen LogP contribution >= 0.6 is 11.6 Å². The molecule has 2 aromatic rings. The van der Waals surface area contributed by atoms with Crippen LogP contribution in [0.1, 0.15) is 18.3 Å². The monoisotopic (exact) mass is 265 g/mol. The van der Waals surface area contributed by atoms with Crippen molar-refractivity contribution >= 4 is 22.6 Å². The van der Waals surface area contributed by atoms with E-state index in [-0.39, 0.29) is 0 Å². The first-order valence-electron chi connectivity index (χ1n) is 6.21. The summed E-state index contributed by atoms with van der Waals surface area (Å²) < 4.78 is 2.25. The third-order valence-corrected chi connectivity index (χ3v) is 3.73. The first-order chi connectivity index (χ1) is 8.54. The van der Waals surface area contributed by atoms with Crippen LogP contribution in [0.25, 0.3) is 11.0 Å². The molecule has 1 aromatic carbocycles. The Balaban J connectivity index is 2.52. The van der Waals surface area contributed by atoms with E-state index in [1.54, 1.807) is 0 Å². The highest BCUT2D eigenvalue weighted by molar-refractivity contribution is 6.16. The van der Waals surface area contributed by atoms with E-state index < -0.39 is 0 Å². The van der Waals surface area contributed by atoms with Gasteiger partial charge in [0.25, 0.3) is 0 Å². The quantitative estimate of drug-likeness (QED) is 0.793. The van der Waals surface area contributed by atoms with Gasteiger partial charge in [-0.2, -0.15) is 0 Å². The molecule has 0 radical (unpaired) electrons. The maximum Gasteiger partial charge on any atom is 0.124 e. The van der Waals surface area contributed by atoms with Crippen molar-refractivity contribution in [1.82, 2.24) is 14.5 Å². The van der Waals surface area contributed by atoms with Gasteiger partial charge in [0.1, 0.15) is 5.82 Å². The lowest BCUT2D eigenvalue weighted by Gasteiger charge is -2.21. The summed E-state index contributed by atoms with van der Waals surface area (Å²) in [5.41, 5.74) is 3.50. The third-order valence-electron chi connectivity index (χ3n) is 3.50. The van der Waals surface area contributed by atoms with Gasteiger partial charge >= 0.3 is 0 Å². The van der Waals surface area contributed by atoms with Crippen LogP contribution < -0.4 is 0 Å². The Kier molecular flexibility index (Phi) is 3.93. The van der Waals surface area contributed by atoms with E-state index in [9.17, 15) is 0 Å². The molecular weight excluding hydrogens is 246 g/mol. The normalized spacial score (nSPS) is 13.4. The molecule has 1 unspecified atom stereocenters. The first kappa shape index (κ1) is 13.4. The van der Waals surface area contributed by atoms with Gasteiger partial charge in [-0.05, 0) is 39.6 Å². The molecule has 1 aromatic heterocycles. The Bertz CT molecular complexity index is 545. The standard InChI is InChI=1S/C14H20ClN3/c1-10-6-5-7-12-14(10)18(13(8-15)16-12)9-11(2)17(3)4/h5-7,11H,8-9H2,1-4H3. The number of para-hydroxylation sites is 1. The molecule has 1 atom stereocenters. The molecule has 0 N–H and O–H groups in total. The van der Waals surface area contributed by atoms with Crippen LogP contribution in [0.15, 0.2) is 18.2 Å². The number of aromatic nitrogens is 2. The third kappa shape index (κ3) is 2.38. The van der Waals surface area contributed by atoms with Crippen LogP contribution in [0.4, 0.5) is 0 Å². The molecule has 0 amide bonds. The molecule has 0 bridgehead atoms. The van der Waals surface area contributed by atoms with Crippen molar-refractivity contribution < 1.29 is 0 Å². The van der Waals surface area contributed by atoms with Crippen molar-refractivity contribution in [2.45, 2.75) is 32.3 Å². The average molecular weight is 266 g/mol. The van der Waals surface area contributed by atoms with E-state index in [0.717, 1.165) is 17.9 Å². The van der Waals surface area contributed by atoms with Crippen LogP contribution in [-0.4, -0.2) is 34.6 Å².